The van der Waals surface area contributed by atoms with E-state index in [9.17, 15) is 26.8 Å². The summed E-state index contributed by atoms with van der Waals surface area (Å²) in [7, 11) is -3.76. The van der Waals surface area contributed by atoms with Gasteiger partial charge in [-0.2, -0.15) is 0 Å². The number of fused-ring (bicyclic) bond motifs is 1. The van der Waals surface area contributed by atoms with Gasteiger partial charge in [0.15, 0.2) is 9.84 Å². The van der Waals surface area contributed by atoms with E-state index in [0.717, 1.165) is 17.7 Å². The molecule has 6 nitrogen and oxygen atoms in total. The van der Waals surface area contributed by atoms with Crippen molar-refractivity contribution in [3.63, 3.8) is 0 Å². The van der Waals surface area contributed by atoms with E-state index >= 15 is 0 Å². The van der Waals surface area contributed by atoms with Crippen molar-refractivity contribution in [3.05, 3.63) is 53.6 Å². The number of amides is 2. The summed E-state index contributed by atoms with van der Waals surface area (Å²) in [5.41, 5.74) is 1.26. The van der Waals surface area contributed by atoms with Gasteiger partial charge in [-0.05, 0) is 49.2 Å². The topological polar surface area (TPSA) is 83.6 Å². The van der Waals surface area contributed by atoms with E-state index in [1.165, 1.54) is 6.07 Å². The summed E-state index contributed by atoms with van der Waals surface area (Å²) >= 11 is 0. The van der Waals surface area contributed by atoms with Gasteiger partial charge in [-0.25, -0.2) is 17.2 Å². The molecule has 1 aliphatic heterocycles. The van der Waals surface area contributed by atoms with E-state index < -0.39 is 33.1 Å². The van der Waals surface area contributed by atoms with Crippen LogP contribution in [0.2, 0.25) is 0 Å². The Bertz CT molecular complexity index is 1100. The SMILES string of the molecule is CCC(=O)N1c2ccc(S(=O)(=O)CCC(=O)Nc3ccc(F)cc3F)cc2C[C@@H]1C. The number of nitrogens with zero attached hydrogens (tertiary/aromatic N) is 1. The average Bonchev–Trinajstić information content (AvgIpc) is 3.03. The number of hydrogen-bond donors (Lipinski definition) is 1. The minimum absolute atomic E-state index is 0.0263. The Labute approximate surface area is 173 Å². The van der Waals surface area contributed by atoms with Crippen molar-refractivity contribution >= 4 is 33.0 Å². The number of anilines is 2. The fraction of sp³-hybridized carbons (Fsp3) is 0.333. The molecule has 0 spiro atoms. The smallest absolute Gasteiger partial charge is 0.226 e. The molecule has 1 atom stereocenters. The van der Waals surface area contributed by atoms with Crippen molar-refractivity contribution in [3.8, 4) is 0 Å². The number of carbonyl (C=O) groups excluding carboxylic acids is 2. The summed E-state index contributed by atoms with van der Waals surface area (Å²) in [4.78, 5) is 25.9. The molecule has 0 aromatic heterocycles. The summed E-state index contributed by atoms with van der Waals surface area (Å²) < 4.78 is 51.9. The number of halogens is 2. The molecule has 0 saturated carbocycles. The maximum atomic E-state index is 13.6. The molecule has 0 bridgehead atoms. The van der Waals surface area contributed by atoms with E-state index in [-0.39, 0.29) is 29.0 Å². The van der Waals surface area contributed by atoms with Gasteiger partial charge >= 0.3 is 0 Å². The Morgan fingerprint density at radius 2 is 1.90 bits per heavy atom. The van der Waals surface area contributed by atoms with Crippen LogP contribution in [0.4, 0.5) is 20.2 Å². The van der Waals surface area contributed by atoms with Gasteiger partial charge < -0.3 is 10.2 Å². The van der Waals surface area contributed by atoms with Crippen LogP contribution in [0.5, 0.6) is 0 Å². The molecule has 160 valence electrons. The van der Waals surface area contributed by atoms with E-state index in [1.54, 1.807) is 24.0 Å². The highest BCUT2D eigenvalue weighted by molar-refractivity contribution is 7.91. The molecule has 2 aromatic rings. The van der Waals surface area contributed by atoms with Gasteiger partial charge in [0.2, 0.25) is 11.8 Å². The van der Waals surface area contributed by atoms with Crippen molar-refractivity contribution in [2.45, 2.75) is 44.0 Å². The minimum atomic E-state index is -3.76. The lowest BCUT2D eigenvalue weighted by Crippen LogP contribution is -2.35. The van der Waals surface area contributed by atoms with Crippen molar-refractivity contribution < 1.29 is 26.8 Å². The van der Waals surface area contributed by atoms with Gasteiger partial charge in [0.05, 0.1) is 16.3 Å². The Balaban J connectivity index is 1.70. The lowest BCUT2D eigenvalue weighted by Gasteiger charge is -2.22. The highest BCUT2D eigenvalue weighted by Crippen LogP contribution is 2.34. The standard InChI is InChI=1S/C21H22F2N2O4S/c1-3-21(27)25-13(2)10-14-11-16(5-7-19(14)25)30(28,29)9-8-20(26)24-18-6-4-15(22)12-17(18)23/h4-7,11-13H,3,8-10H2,1-2H3,(H,24,26)/t13-/m0/s1. The Morgan fingerprint density at radius 1 is 1.17 bits per heavy atom. The summed E-state index contributed by atoms with van der Waals surface area (Å²) in [6, 6.07) is 7.23. The van der Waals surface area contributed by atoms with Gasteiger partial charge in [0.25, 0.3) is 0 Å². The van der Waals surface area contributed by atoms with Crippen LogP contribution < -0.4 is 10.2 Å². The first-order valence-electron chi connectivity index (χ1n) is 9.55. The quantitative estimate of drug-likeness (QED) is 0.752. The lowest BCUT2D eigenvalue weighted by molar-refractivity contribution is -0.118. The molecular weight excluding hydrogens is 414 g/mol. The zero-order valence-electron chi connectivity index (χ0n) is 16.6. The largest absolute Gasteiger partial charge is 0.324 e. The molecule has 2 aromatic carbocycles. The number of rotatable bonds is 6. The molecule has 1 N–H and O–H groups in total. The molecule has 1 aliphatic rings. The number of sulfone groups is 1. The first-order chi connectivity index (χ1) is 14.1. The Hall–Kier alpha value is -2.81. The Kier molecular flexibility index (Phi) is 6.21. The van der Waals surface area contributed by atoms with Gasteiger partial charge in [-0.3, -0.25) is 9.59 Å². The van der Waals surface area contributed by atoms with Crippen LogP contribution in [0.1, 0.15) is 32.3 Å². The van der Waals surface area contributed by atoms with E-state index in [1.807, 2.05) is 6.92 Å². The first kappa shape index (κ1) is 21.9. The first-order valence-corrected chi connectivity index (χ1v) is 11.2. The fourth-order valence-electron chi connectivity index (χ4n) is 3.50. The van der Waals surface area contributed by atoms with Crippen LogP contribution in [0.25, 0.3) is 0 Å². The molecule has 9 heteroatoms. The second-order valence-electron chi connectivity index (χ2n) is 7.20. The minimum Gasteiger partial charge on any atom is -0.324 e. The van der Waals surface area contributed by atoms with Gasteiger partial charge in [-0.1, -0.05) is 6.92 Å². The van der Waals surface area contributed by atoms with Crippen molar-refractivity contribution in [2.24, 2.45) is 0 Å². The maximum absolute atomic E-state index is 13.6. The van der Waals surface area contributed by atoms with Crippen molar-refractivity contribution in [1.29, 1.82) is 0 Å². The molecule has 0 aliphatic carbocycles. The highest BCUT2D eigenvalue weighted by Gasteiger charge is 2.31. The predicted octanol–water partition coefficient (Wildman–Crippen LogP) is 3.45. The molecule has 2 amide bonds. The molecule has 0 saturated heterocycles. The zero-order chi connectivity index (χ0) is 22.1. The molecule has 1 heterocycles. The maximum Gasteiger partial charge on any atom is 0.226 e. The summed E-state index contributed by atoms with van der Waals surface area (Å²) in [6.07, 6.45) is 0.523. The predicted molar refractivity (Wildman–Crippen MR) is 109 cm³/mol. The normalized spacial score (nSPS) is 15.7. The van der Waals surface area contributed by atoms with Crippen molar-refractivity contribution in [2.75, 3.05) is 16.0 Å². The summed E-state index contributed by atoms with van der Waals surface area (Å²) in [5.74, 6) is -2.91. The van der Waals surface area contributed by atoms with Crippen LogP contribution >= 0.6 is 0 Å². The average molecular weight is 436 g/mol. The summed E-state index contributed by atoms with van der Waals surface area (Å²) in [5, 5.41) is 2.24. The van der Waals surface area contributed by atoms with Gasteiger partial charge in [0, 0.05) is 30.6 Å². The fourth-order valence-corrected chi connectivity index (χ4v) is 4.79. The van der Waals surface area contributed by atoms with E-state index in [2.05, 4.69) is 5.32 Å². The van der Waals surface area contributed by atoms with E-state index in [0.29, 0.717) is 24.6 Å². The number of nitrogens with one attached hydrogen (secondary N) is 1. The third-order valence-electron chi connectivity index (χ3n) is 5.00. The molecule has 0 radical (unpaired) electrons. The number of benzene rings is 2. The molecule has 0 unspecified atom stereocenters. The monoisotopic (exact) mass is 436 g/mol. The van der Waals surface area contributed by atoms with Crippen LogP contribution in [0.15, 0.2) is 41.3 Å². The second-order valence-corrected chi connectivity index (χ2v) is 9.31. The van der Waals surface area contributed by atoms with Gasteiger partial charge in [-0.15, -0.1) is 0 Å². The molecule has 3 rings (SSSR count). The van der Waals surface area contributed by atoms with Crippen LogP contribution in [0.3, 0.4) is 0 Å². The van der Waals surface area contributed by atoms with Crippen LogP contribution in [-0.4, -0.2) is 32.0 Å². The third kappa shape index (κ3) is 4.51. The molecule has 30 heavy (non-hydrogen) atoms. The Morgan fingerprint density at radius 3 is 2.57 bits per heavy atom. The van der Waals surface area contributed by atoms with Crippen LogP contribution in [0, 0.1) is 11.6 Å². The van der Waals surface area contributed by atoms with Crippen LogP contribution in [-0.2, 0) is 25.8 Å². The number of carbonyl (C=O) groups is 2. The number of hydrogen-bond acceptors (Lipinski definition) is 4. The lowest BCUT2D eigenvalue weighted by atomic mass is 10.1. The zero-order valence-corrected chi connectivity index (χ0v) is 17.4. The third-order valence-corrected chi connectivity index (χ3v) is 6.71. The molecule has 0 fully saturated rings. The second kappa shape index (κ2) is 8.51. The highest BCUT2D eigenvalue weighted by atomic mass is 32.2. The van der Waals surface area contributed by atoms with E-state index in [4.69, 9.17) is 0 Å². The van der Waals surface area contributed by atoms with Crippen molar-refractivity contribution in [1.82, 2.24) is 0 Å². The summed E-state index contributed by atoms with van der Waals surface area (Å²) in [6.45, 7) is 3.68. The molecular formula is C21H22F2N2O4S. The van der Waals surface area contributed by atoms with Gasteiger partial charge in [0.1, 0.15) is 11.6 Å².